The maximum Gasteiger partial charge on any atom is 0.133 e. The van der Waals surface area contributed by atoms with Crippen LogP contribution in [0, 0.1) is 0 Å². The summed E-state index contributed by atoms with van der Waals surface area (Å²) >= 11 is 0. The lowest BCUT2D eigenvalue weighted by Crippen LogP contribution is -2.07. The van der Waals surface area contributed by atoms with E-state index in [0.717, 1.165) is 12.2 Å². The zero-order valence-corrected chi connectivity index (χ0v) is 6.64. The third kappa shape index (κ3) is 1.97. The first-order valence-corrected chi connectivity index (χ1v) is 2.87. The molecule has 0 amide bonds. The summed E-state index contributed by atoms with van der Waals surface area (Å²) in [6.07, 6.45) is 2.47. The summed E-state index contributed by atoms with van der Waals surface area (Å²) in [5, 5.41) is 7.54. The Kier molecular flexibility index (Phi) is 3.99. The molecule has 0 aliphatic rings. The van der Waals surface area contributed by atoms with Gasteiger partial charge in [-0.2, -0.15) is 0 Å². The first-order valence-electron chi connectivity index (χ1n) is 2.87. The van der Waals surface area contributed by atoms with Gasteiger partial charge >= 0.3 is 0 Å². The van der Waals surface area contributed by atoms with E-state index >= 15 is 0 Å². The molecule has 1 aromatic heterocycles. The van der Waals surface area contributed by atoms with Gasteiger partial charge in [-0.25, -0.2) is 0 Å². The van der Waals surface area contributed by atoms with E-state index in [1.165, 1.54) is 0 Å². The van der Waals surface area contributed by atoms with Gasteiger partial charge in [0.15, 0.2) is 0 Å². The van der Waals surface area contributed by atoms with Crippen molar-refractivity contribution in [2.45, 2.75) is 6.42 Å². The van der Waals surface area contributed by atoms with Crippen LogP contribution in [0.15, 0.2) is 6.33 Å². The Morgan fingerprint density at radius 1 is 1.70 bits per heavy atom. The van der Waals surface area contributed by atoms with Crippen LogP contribution in [0.2, 0.25) is 0 Å². The number of hydrogen-bond acceptors (Lipinski definition) is 3. The molecule has 0 atom stereocenters. The maximum absolute atomic E-state index is 5.31. The van der Waals surface area contributed by atoms with Crippen LogP contribution in [0.25, 0.3) is 0 Å². The highest BCUT2D eigenvalue weighted by Crippen LogP contribution is 1.89. The molecule has 10 heavy (non-hydrogen) atoms. The average Bonchev–Trinajstić information content (AvgIpc) is 2.18. The second kappa shape index (κ2) is 4.24. The number of aromatic nitrogens is 3. The minimum Gasteiger partial charge on any atom is -0.330 e. The standard InChI is InChI=1S/C5H10N4.ClH/c1-9-4-7-8-5(9)2-3-6;/h4H,2-3,6H2,1H3;1H. The lowest BCUT2D eigenvalue weighted by atomic mass is 10.4. The number of hydrogen-bond donors (Lipinski definition) is 1. The van der Waals surface area contributed by atoms with Crippen molar-refractivity contribution in [1.82, 2.24) is 14.8 Å². The van der Waals surface area contributed by atoms with E-state index in [1.807, 2.05) is 11.6 Å². The SMILES string of the molecule is Cl.Cn1cnnc1CCN. The van der Waals surface area contributed by atoms with E-state index in [4.69, 9.17) is 5.73 Å². The summed E-state index contributed by atoms with van der Waals surface area (Å²) in [6, 6.07) is 0. The molecule has 0 saturated carbocycles. The Morgan fingerprint density at radius 2 is 2.40 bits per heavy atom. The minimum atomic E-state index is 0. The normalized spacial score (nSPS) is 9.00. The summed E-state index contributed by atoms with van der Waals surface area (Å²) in [6.45, 7) is 0.631. The molecule has 2 N–H and O–H groups in total. The third-order valence-electron chi connectivity index (χ3n) is 1.17. The van der Waals surface area contributed by atoms with Gasteiger partial charge in [0.2, 0.25) is 0 Å². The summed E-state index contributed by atoms with van der Waals surface area (Å²) in [5.74, 6) is 0.942. The molecular formula is C5H11ClN4. The zero-order valence-electron chi connectivity index (χ0n) is 5.82. The highest BCUT2D eigenvalue weighted by molar-refractivity contribution is 5.85. The van der Waals surface area contributed by atoms with Crippen LogP contribution < -0.4 is 5.73 Å². The van der Waals surface area contributed by atoms with Crippen molar-refractivity contribution in [3.8, 4) is 0 Å². The summed E-state index contributed by atoms with van der Waals surface area (Å²) in [7, 11) is 1.91. The van der Waals surface area contributed by atoms with Gasteiger partial charge in [0, 0.05) is 13.5 Å². The van der Waals surface area contributed by atoms with Gasteiger partial charge in [0.05, 0.1) is 0 Å². The van der Waals surface area contributed by atoms with Crippen molar-refractivity contribution in [3.05, 3.63) is 12.2 Å². The molecule has 0 fully saturated rings. The summed E-state index contributed by atoms with van der Waals surface area (Å²) in [4.78, 5) is 0. The third-order valence-corrected chi connectivity index (χ3v) is 1.17. The molecule has 4 nitrogen and oxygen atoms in total. The van der Waals surface area contributed by atoms with Crippen LogP contribution in [-0.4, -0.2) is 21.3 Å². The van der Waals surface area contributed by atoms with Crippen LogP contribution in [0.4, 0.5) is 0 Å². The largest absolute Gasteiger partial charge is 0.330 e. The molecule has 0 aliphatic carbocycles. The molecule has 5 heteroatoms. The molecule has 0 unspecified atom stereocenters. The number of nitrogens with zero attached hydrogens (tertiary/aromatic N) is 3. The maximum atomic E-state index is 5.31. The molecule has 58 valence electrons. The van der Waals surface area contributed by atoms with Crippen molar-refractivity contribution in [1.29, 1.82) is 0 Å². The monoisotopic (exact) mass is 162 g/mol. The molecule has 0 saturated heterocycles. The fourth-order valence-electron chi connectivity index (χ4n) is 0.663. The molecule has 0 aliphatic heterocycles. The van der Waals surface area contributed by atoms with Gasteiger partial charge in [0.25, 0.3) is 0 Å². The van der Waals surface area contributed by atoms with Crippen LogP contribution in [0.5, 0.6) is 0 Å². The number of aryl methyl sites for hydroxylation is 1. The Bertz CT molecular complexity index is 186. The van der Waals surface area contributed by atoms with Crippen molar-refractivity contribution in [2.24, 2.45) is 12.8 Å². The van der Waals surface area contributed by atoms with Gasteiger partial charge in [-0.1, -0.05) is 0 Å². The van der Waals surface area contributed by atoms with Crippen LogP contribution >= 0.6 is 12.4 Å². The predicted molar refractivity (Wildman–Crippen MR) is 41.0 cm³/mol. The van der Waals surface area contributed by atoms with Crippen molar-refractivity contribution in [3.63, 3.8) is 0 Å². The Morgan fingerprint density at radius 3 is 2.80 bits per heavy atom. The Hall–Kier alpha value is -0.610. The molecule has 1 aromatic rings. The van der Waals surface area contributed by atoms with Crippen LogP contribution in [0.3, 0.4) is 0 Å². The van der Waals surface area contributed by atoms with Gasteiger partial charge < -0.3 is 10.3 Å². The van der Waals surface area contributed by atoms with Crippen molar-refractivity contribution >= 4 is 12.4 Å². The predicted octanol–water partition coefficient (Wildman–Crippen LogP) is -0.262. The molecule has 0 bridgehead atoms. The lowest BCUT2D eigenvalue weighted by Gasteiger charge is -1.93. The fourth-order valence-corrected chi connectivity index (χ4v) is 0.663. The zero-order chi connectivity index (χ0) is 6.69. The Balaban J connectivity index is 0.000000810. The summed E-state index contributed by atoms with van der Waals surface area (Å²) in [5.41, 5.74) is 5.31. The molecule has 0 aromatic carbocycles. The number of rotatable bonds is 2. The summed E-state index contributed by atoms with van der Waals surface area (Å²) < 4.78 is 1.87. The number of halogens is 1. The molecule has 0 radical (unpaired) electrons. The molecule has 1 rings (SSSR count). The Labute approximate surface area is 65.8 Å². The van der Waals surface area contributed by atoms with Gasteiger partial charge in [-0.05, 0) is 6.54 Å². The second-order valence-electron chi connectivity index (χ2n) is 1.90. The van der Waals surface area contributed by atoms with E-state index in [9.17, 15) is 0 Å². The highest BCUT2D eigenvalue weighted by atomic mass is 35.5. The smallest absolute Gasteiger partial charge is 0.133 e. The van der Waals surface area contributed by atoms with Gasteiger partial charge in [0.1, 0.15) is 12.2 Å². The average molecular weight is 163 g/mol. The van der Waals surface area contributed by atoms with Crippen molar-refractivity contribution < 1.29 is 0 Å². The first-order chi connectivity index (χ1) is 4.34. The van der Waals surface area contributed by atoms with Gasteiger partial charge in [-0.15, -0.1) is 22.6 Å². The molecule has 0 spiro atoms. The highest BCUT2D eigenvalue weighted by Gasteiger charge is 1.95. The second-order valence-corrected chi connectivity index (χ2v) is 1.90. The van der Waals surface area contributed by atoms with E-state index in [0.29, 0.717) is 6.54 Å². The van der Waals surface area contributed by atoms with Crippen LogP contribution in [-0.2, 0) is 13.5 Å². The quantitative estimate of drug-likeness (QED) is 0.652. The minimum absolute atomic E-state index is 0. The molecule has 1 heterocycles. The van der Waals surface area contributed by atoms with E-state index < -0.39 is 0 Å². The van der Waals surface area contributed by atoms with Crippen molar-refractivity contribution in [2.75, 3.05) is 6.54 Å². The number of nitrogens with two attached hydrogens (primary N) is 1. The lowest BCUT2D eigenvalue weighted by molar-refractivity contribution is 0.776. The fraction of sp³-hybridized carbons (Fsp3) is 0.600. The van der Waals surface area contributed by atoms with E-state index in [2.05, 4.69) is 10.2 Å². The van der Waals surface area contributed by atoms with Gasteiger partial charge in [-0.3, -0.25) is 0 Å². The topological polar surface area (TPSA) is 56.7 Å². The first kappa shape index (κ1) is 9.39. The van der Waals surface area contributed by atoms with E-state index in [-0.39, 0.29) is 12.4 Å². The van der Waals surface area contributed by atoms with E-state index in [1.54, 1.807) is 6.33 Å². The van der Waals surface area contributed by atoms with Crippen LogP contribution in [0.1, 0.15) is 5.82 Å². The molecular weight excluding hydrogens is 152 g/mol.